The van der Waals surface area contributed by atoms with E-state index in [2.05, 4.69) is 10.2 Å². The second-order valence-corrected chi connectivity index (χ2v) is 7.63. The molecule has 2 saturated heterocycles. The van der Waals surface area contributed by atoms with Gasteiger partial charge in [0, 0.05) is 29.4 Å². The van der Waals surface area contributed by atoms with E-state index in [1.54, 1.807) is 0 Å². The number of para-hydroxylation sites is 2. The van der Waals surface area contributed by atoms with Gasteiger partial charge in [-0.25, -0.2) is 0 Å². The fourth-order valence-electron chi connectivity index (χ4n) is 4.85. The van der Waals surface area contributed by atoms with Crippen LogP contribution in [-0.4, -0.2) is 40.5 Å². The smallest absolute Gasteiger partial charge is 0.243 e. The Kier molecular flexibility index (Phi) is 3.97. The van der Waals surface area contributed by atoms with Gasteiger partial charge in [-0.15, -0.1) is 0 Å². The number of fused-ring (bicyclic) bond motifs is 4. The zero-order chi connectivity index (χ0) is 18.4. The second kappa shape index (κ2) is 6.50. The van der Waals surface area contributed by atoms with Crippen LogP contribution in [0.1, 0.15) is 19.3 Å². The Hall–Kier alpha value is -2.66. The highest BCUT2D eigenvalue weighted by Crippen LogP contribution is 2.29. The summed E-state index contributed by atoms with van der Waals surface area (Å²) in [4.78, 5) is 28.3. The van der Waals surface area contributed by atoms with E-state index < -0.39 is 0 Å². The van der Waals surface area contributed by atoms with Crippen molar-refractivity contribution in [2.24, 2.45) is 0 Å². The van der Waals surface area contributed by atoms with Crippen LogP contribution < -0.4 is 10.7 Å². The molecule has 2 fully saturated rings. The Labute approximate surface area is 157 Å². The van der Waals surface area contributed by atoms with Gasteiger partial charge in [0.1, 0.15) is 6.54 Å². The summed E-state index contributed by atoms with van der Waals surface area (Å²) < 4.78 is 2.02. The van der Waals surface area contributed by atoms with Crippen LogP contribution in [0.3, 0.4) is 0 Å². The number of hydrogen-bond acceptors (Lipinski definition) is 3. The lowest BCUT2D eigenvalue weighted by Gasteiger charge is -2.29. The monoisotopic (exact) mass is 361 g/mol. The number of carbonyl (C=O) groups excluding carboxylic acids is 1. The average Bonchev–Trinajstić information content (AvgIpc) is 2.97. The number of nitrogens with one attached hydrogen (secondary N) is 1. The molecule has 5 rings (SSSR count). The van der Waals surface area contributed by atoms with E-state index in [9.17, 15) is 9.59 Å². The SMILES string of the molecule is O=C(Cn1c2ccccc2c(=O)c2ccccc21)N1C2CCNCC1CC2. The largest absolute Gasteiger partial charge is 0.334 e. The fraction of sp³-hybridized carbons (Fsp3) is 0.364. The predicted molar refractivity (Wildman–Crippen MR) is 107 cm³/mol. The van der Waals surface area contributed by atoms with Gasteiger partial charge in [-0.2, -0.15) is 0 Å². The second-order valence-electron chi connectivity index (χ2n) is 7.63. The molecule has 1 N–H and O–H groups in total. The Morgan fingerprint density at radius 2 is 1.56 bits per heavy atom. The summed E-state index contributed by atoms with van der Waals surface area (Å²) in [5.74, 6) is 0.158. The maximum absolute atomic E-state index is 13.4. The molecule has 1 amide bonds. The number of nitrogens with zero attached hydrogens (tertiary/aromatic N) is 2. The molecule has 2 unspecified atom stereocenters. The molecule has 2 bridgehead atoms. The minimum Gasteiger partial charge on any atom is -0.334 e. The molecule has 0 radical (unpaired) electrons. The van der Waals surface area contributed by atoms with E-state index in [0.717, 1.165) is 43.4 Å². The Morgan fingerprint density at radius 1 is 0.926 bits per heavy atom. The van der Waals surface area contributed by atoms with E-state index in [0.29, 0.717) is 22.9 Å². The summed E-state index contributed by atoms with van der Waals surface area (Å²) in [5.41, 5.74) is 1.69. The number of carbonyl (C=O) groups is 1. The third-order valence-electron chi connectivity index (χ3n) is 6.11. The molecule has 0 aliphatic carbocycles. The van der Waals surface area contributed by atoms with Gasteiger partial charge in [0.25, 0.3) is 0 Å². The zero-order valence-electron chi connectivity index (χ0n) is 15.2. The van der Waals surface area contributed by atoms with Crippen molar-refractivity contribution in [3.8, 4) is 0 Å². The maximum Gasteiger partial charge on any atom is 0.243 e. The molecule has 3 aromatic rings. The molecular formula is C22H23N3O2. The lowest BCUT2D eigenvalue weighted by atomic mass is 10.1. The zero-order valence-corrected chi connectivity index (χ0v) is 15.2. The van der Waals surface area contributed by atoms with E-state index in [-0.39, 0.29) is 17.9 Å². The molecule has 5 nitrogen and oxygen atoms in total. The molecule has 1 aromatic heterocycles. The first-order chi connectivity index (χ1) is 13.2. The highest BCUT2D eigenvalue weighted by atomic mass is 16.2. The first kappa shape index (κ1) is 16.5. The van der Waals surface area contributed by atoms with Crippen molar-refractivity contribution >= 4 is 27.7 Å². The number of amides is 1. The number of rotatable bonds is 2. The van der Waals surface area contributed by atoms with E-state index in [4.69, 9.17) is 0 Å². The topological polar surface area (TPSA) is 54.3 Å². The van der Waals surface area contributed by atoms with Crippen molar-refractivity contribution in [3.63, 3.8) is 0 Å². The van der Waals surface area contributed by atoms with Crippen LogP contribution in [0.5, 0.6) is 0 Å². The van der Waals surface area contributed by atoms with Crippen molar-refractivity contribution in [2.45, 2.75) is 37.9 Å². The van der Waals surface area contributed by atoms with Gasteiger partial charge >= 0.3 is 0 Å². The molecule has 0 spiro atoms. The summed E-state index contributed by atoms with van der Waals surface area (Å²) in [7, 11) is 0. The quantitative estimate of drug-likeness (QED) is 0.714. The van der Waals surface area contributed by atoms with Gasteiger partial charge in [0.2, 0.25) is 5.91 Å². The van der Waals surface area contributed by atoms with Gasteiger partial charge < -0.3 is 14.8 Å². The van der Waals surface area contributed by atoms with Crippen LogP contribution in [0.4, 0.5) is 0 Å². The summed E-state index contributed by atoms with van der Waals surface area (Å²) in [6.07, 6.45) is 3.20. The van der Waals surface area contributed by atoms with E-state index >= 15 is 0 Å². The van der Waals surface area contributed by atoms with Gasteiger partial charge in [0.05, 0.1) is 11.0 Å². The standard InChI is InChI=1S/C22H23N3O2/c26-21(25-15-9-10-16(25)13-23-12-11-15)14-24-19-7-3-1-5-17(19)22(27)18-6-2-4-8-20(18)24/h1-8,15-16,23H,9-14H2. The normalized spacial score (nSPS) is 22.3. The first-order valence-electron chi connectivity index (χ1n) is 9.76. The Bertz CT molecular complexity index is 1010. The van der Waals surface area contributed by atoms with Crippen LogP contribution in [0.2, 0.25) is 0 Å². The molecule has 27 heavy (non-hydrogen) atoms. The fourth-order valence-corrected chi connectivity index (χ4v) is 4.85. The van der Waals surface area contributed by atoms with Crippen LogP contribution in [-0.2, 0) is 11.3 Å². The summed E-state index contributed by atoms with van der Waals surface area (Å²) in [6.45, 7) is 2.14. The van der Waals surface area contributed by atoms with Crippen molar-refractivity contribution in [1.29, 1.82) is 0 Å². The first-order valence-corrected chi connectivity index (χ1v) is 9.76. The minimum atomic E-state index is 0.0314. The summed E-state index contributed by atoms with van der Waals surface area (Å²) >= 11 is 0. The van der Waals surface area contributed by atoms with Crippen molar-refractivity contribution in [2.75, 3.05) is 13.1 Å². The lowest BCUT2D eigenvalue weighted by Crippen LogP contribution is -2.44. The molecular weight excluding hydrogens is 338 g/mol. The predicted octanol–water partition coefficient (Wildman–Crippen LogP) is 2.51. The molecule has 5 heteroatoms. The molecule has 2 aliphatic heterocycles. The van der Waals surface area contributed by atoms with Gasteiger partial charge in [-0.1, -0.05) is 24.3 Å². The average molecular weight is 361 g/mol. The van der Waals surface area contributed by atoms with Crippen LogP contribution >= 0.6 is 0 Å². The van der Waals surface area contributed by atoms with Gasteiger partial charge in [-0.3, -0.25) is 9.59 Å². The van der Waals surface area contributed by atoms with Crippen molar-refractivity contribution in [3.05, 3.63) is 58.8 Å². The van der Waals surface area contributed by atoms with Crippen molar-refractivity contribution < 1.29 is 4.79 Å². The number of benzene rings is 2. The molecule has 0 saturated carbocycles. The molecule has 3 heterocycles. The number of pyridine rings is 1. The highest BCUT2D eigenvalue weighted by Gasteiger charge is 2.37. The number of aromatic nitrogens is 1. The minimum absolute atomic E-state index is 0.0314. The number of hydrogen-bond donors (Lipinski definition) is 1. The van der Waals surface area contributed by atoms with E-state index in [1.807, 2.05) is 53.1 Å². The Balaban J connectivity index is 1.63. The highest BCUT2D eigenvalue weighted by molar-refractivity contribution is 5.95. The van der Waals surface area contributed by atoms with Gasteiger partial charge in [0.15, 0.2) is 5.43 Å². The summed E-state index contributed by atoms with van der Waals surface area (Å²) in [5, 5.41) is 4.79. The van der Waals surface area contributed by atoms with E-state index in [1.165, 1.54) is 0 Å². The third-order valence-corrected chi connectivity index (χ3v) is 6.11. The third kappa shape index (κ3) is 2.65. The summed E-state index contributed by atoms with van der Waals surface area (Å²) in [6, 6.07) is 15.8. The maximum atomic E-state index is 13.4. The van der Waals surface area contributed by atoms with Crippen LogP contribution in [0.25, 0.3) is 21.8 Å². The molecule has 2 aromatic carbocycles. The van der Waals surface area contributed by atoms with Gasteiger partial charge in [-0.05, 0) is 50.1 Å². The molecule has 2 atom stereocenters. The molecule has 138 valence electrons. The van der Waals surface area contributed by atoms with Crippen LogP contribution in [0.15, 0.2) is 53.3 Å². The van der Waals surface area contributed by atoms with Crippen LogP contribution in [0, 0.1) is 0 Å². The molecule has 2 aliphatic rings. The lowest BCUT2D eigenvalue weighted by molar-refractivity contribution is -0.134. The Morgan fingerprint density at radius 3 is 2.26 bits per heavy atom. The van der Waals surface area contributed by atoms with Crippen molar-refractivity contribution in [1.82, 2.24) is 14.8 Å².